The van der Waals surface area contributed by atoms with E-state index in [1.807, 2.05) is 25.9 Å². The molecule has 12 heavy (non-hydrogen) atoms. The Balaban J connectivity index is 0.000000561. The lowest BCUT2D eigenvalue weighted by Crippen LogP contribution is -2.36. The molecule has 0 saturated carbocycles. The van der Waals surface area contributed by atoms with E-state index in [1.165, 1.54) is 0 Å². The molecule has 4 nitrogen and oxygen atoms in total. The first-order valence-corrected chi connectivity index (χ1v) is 4.40. The smallest absolute Gasteiger partial charge is 0.217 e. The van der Waals surface area contributed by atoms with Crippen LogP contribution in [0.2, 0.25) is 0 Å². The molecule has 0 bridgehead atoms. The number of hydrogen-bond acceptors (Lipinski definition) is 3. The largest absolute Gasteiger partial charge is 0.351 e. The van der Waals surface area contributed by atoms with E-state index in [0.29, 0.717) is 0 Å². The normalized spacial score (nSPS) is 22.8. The minimum absolute atomic E-state index is 0.0436. The molecule has 0 spiro atoms. The third kappa shape index (κ3) is 4.31. The lowest BCUT2D eigenvalue weighted by molar-refractivity contribution is -0.119. The van der Waals surface area contributed by atoms with Crippen LogP contribution in [0.1, 0.15) is 20.8 Å². The second-order valence-electron chi connectivity index (χ2n) is 2.64. The van der Waals surface area contributed by atoms with Crippen molar-refractivity contribution in [2.24, 2.45) is 0 Å². The maximum Gasteiger partial charge on any atom is 0.217 e. The fourth-order valence-electron chi connectivity index (χ4n) is 1.11. The van der Waals surface area contributed by atoms with E-state index in [0.717, 1.165) is 13.1 Å². The number of carbonyl (C=O) groups is 1. The van der Waals surface area contributed by atoms with Crippen LogP contribution in [-0.2, 0) is 4.79 Å². The molecule has 0 radical (unpaired) electrons. The number of likely N-dealkylation sites (N-methyl/N-ethyl adjacent to an activating group) is 1. The van der Waals surface area contributed by atoms with Crippen LogP contribution in [0.5, 0.6) is 0 Å². The molecule has 1 aliphatic heterocycles. The molecule has 1 heterocycles. The molecule has 1 saturated heterocycles. The number of nitrogens with one attached hydrogen (secondary N) is 2. The highest BCUT2D eigenvalue weighted by Gasteiger charge is 2.18. The maximum absolute atomic E-state index is 10.5. The predicted octanol–water partition coefficient (Wildman–Crippen LogP) is -0.0327. The molecule has 0 aliphatic carbocycles. The average Bonchev–Trinajstić information content (AvgIpc) is 2.39. The van der Waals surface area contributed by atoms with E-state index in [4.69, 9.17) is 0 Å². The number of hydrogen-bond donors (Lipinski definition) is 2. The van der Waals surface area contributed by atoms with Crippen molar-refractivity contribution < 1.29 is 4.79 Å². The molecule has 1 fully saturated rings. The van der Waals surface area contributed by atoms with Crippen molar-refractivity contribution in [1.82, 2.24) is 15.8 Å². The first-order valence-electron chi connectivity index (χ1n) is 4.40. The van der Waals surface area contributed by atoms with Crippen molar-refractivity contribution in [2.75, 3.05) is 20.1 Å². The summed E-state index contributed by atoms with van der Waals surface area (Å²) in [6.45, 7) is 7.27. The van der Waals surface area contributed by atoms with E-state index < -0.39 is 0 Å². The van der Waals surface area contributed by atoms with Gasteiger partial charge in [0.25, 0.3) is 0 Å². The summed E-state index contributed by atoms with van der Waals surface area (Å²) >= 11 is 0. The summed E-state index contributed by atoms with van der Waals surface area (Å²) in [7, 11) is 1.96. The van der Waals surface area contributed by atoms with Crippen LogP contribution in [0.3, 0.4) is 0 Å². The zero-order chi connectivity index (χ0) is 9.56. The van der Waals surface area contributed by atoms with Gasteiger partial charge in [-0.2, -0.15) is 0 Å². The molecule has 1 rings (SSSR count). The maximum atomic E-state index is 10.5. The van der Waals surface area contributed by atoms with Crippen molar-refractivity contribution in [2.45, 2.75) is 26.8 Å². The molecular weight excluding hydrogens is 154 g/mol. The van der Waals surface area contributed by atoms with Crippen LogP contribution < -0.4 is 10.7 Å². The highest BCUT2D eigenvalue weighted by molar-refractivity contribution is 5.73. The van der Waals surface area contributed by atoms with E-state index in [2.05, 4.69) is 10.7 Å². The van der Waals surface area contributed by atoms with Gasteiger partial charge in [0, 0.05) is 27.1 Å². The summed E-state index contributed by atoms with van der Waals surface area (Å²) < 4.78 is 0. The summed E-state index contributed by atoms with van der Waals surface area (Å²) in [5, 5.41) is 4.80. The van der Waals surface area contributed by atoms with E-state index in [1.54, 1.807) is 6.92 Å². The van der Waals surface area contributed by atoms with Crippen molar-refractivity contribution in [3.05, 3.63) is 0 Å². The average molecular weight is 173 g/mol. The van der Waals surface area contributed by atoms with Gasteiger partial charge in [0.15, 0.2) is 0 Å². The zero-order valence-electron chi connectivity index (χ0n) is 8.35. The Morgan fingerprint density at radius 3 is 2.50 bits per heavy atom. The van der Waals surface area contributed by atoms with Gasteiger partial charge in [0.05, 0.1) is 6.04 Å². The molecule has 0 aromatic rings. The molecule has 1 unspecified atom stereocenters. The molecule has 0 aromatic carbocycles. The highest BCUT2D eigenvalue weighted by atomic mass is 16.1. The van der Waals surface area contributed by atoms with Crippen LogP contribution in [0.4, 0.5) is 0 Å². The summed E-state index contributed by atoms with van der Waals surface area (Å²) in [6.07, 6.45) is 0. The Hall–Kier alpha value is -0.610. The molecule has 1 amide bonds. The van der Waals surface area contributed by atoms with Gasteiger partial charge in [-0.05, 0) is 0 Å². The van der Waals surface area contributed by atoms with Crippen LogP contribution in [0, 0.1) is 0 Å². The highest BCUT2D eigenvalue weighted by Crippen LogP contribution is 1.93. The van der Waals surface area contributed by atoms with Crippen molar-refractivity contribution in [3.8, 4) is 0 Å². The summed E-state index contributed by atoms with van der Waals surface area (Å²) in [5.74, 6) is 0.0436. The zero-order valence-corrected chi connectivity index (χ0v) is 8.35. The van der Waals surface area contributed by atoms with Crippen LogP contribution in [0.25, 0.3) is 0 Å². The van der Waals surface area contributed by atoms with Crippen molar-refractivity contribution in [1.29, 1.82) is 0 Å². The molecule has 1 aliphatic rings. The van der Waals surface area contributed by atoms with Gasteiger partial charge in [-0.1, -0.05) is 13.8 Å². The quantitative estimate of drug-likeness (QED) is 0.585. The summed E-state index contributed by atoms with van der Waals surface area (Å²) in [6, 6.07) is 0.280. The topological polar surface area (TPSA) is 44.4 Å². The van der Waals surface area contributed by atoms with Gasteiger partial charge < -0.3 is 5.32 Å². The molecule has 4 heteroatoms. The first kappa shape index (κ1) is 11.4. The molecular formula is C8H19N3O. The minimum Gasteiger partial charge on any atom is -0.351 e. The summed E-state index contributed by atoms with van der Waals surface area (Å²) in [5.41, 5.74) is 3.09. The summed E-state index contributed by atoms with van der Waals surface area (Å²) in [4.78, 5) is 10.5. The number of rotatable bonds is 1. The Morgan fingerprint density at radius 2 is 2.17 bits per heavy atom. The van der Waals surface area contributed by atoms with Crippen LogP contribution in [-0.4, -0.2) is 37.1 Å². The third-order valence-electron chi connectivity index (χ3n) is 1.51. The predicted molar refractivity (Wildman–Crippen MR) is 49.6 cm³/mol. The fourth-order valence-corrected chi connectivity index (χ4v) is 1.11. The second-order valence-corrected chi connectivity index (χ2v) is 2.64. The van der Waals surface area contributed by atoms with Crippen LogP contribution >= 0.6 is 0 Å². The Kier molecular flexibility index (Phi) is 5.66. The second kappa shape index (κ2) is 5.97. The number of nitrogens with zero attached hydrogens (tertiary/aromatic N) is 1. The molecule has 2 N–H and O–H groups in total. The first-order chi connectivity index (χ1) is 5.68. The van der Waals surface area contributed by atoms with Gasteiger partial charge >= 0.3 is 0 Å². The number of carbonyl (C=O) groups excluding carboxylic acids is 1. The van der Waals surface area contributed by atoms with Crippen molar-refractivity contribution in [3.63, 3.8) is 0 Å². The number of hydrazine groups is 1. The van der Waals surface area contributed by atoms with Gasteiger partial charge in [-0.3, -0.25) is 10.2 Å². The number of amides is 1. The fraction of sp³-hybridized carbons (Fsp3) is 0.875. The van der Waals surface area contributed by atoms with Gasteiger partial charge in [-0.25, -0.2) is 5.01 Å². The van der Waals surface area contributed by atoms with E-state index in [9.17, 15) is 4.79 Å². The Labute approximate surface area is 74.3 Å². The SMILES string of the molecule is CC.CC(=O)NC1CNN(C)C1. The minimum atomic E-state index is 0.0436. The van der Waals surface area contributed by atoms with Gasteiger partial charge in [-0.15, -0.1) is 0 Å². The lowest BCUT2D eigenvalue weighted by Gasteiger charge is -2.08. The van der Waals surface area contributed by atoms with E-state index in [-0.39, 0.29) is 11.9 Å². The Morgan fingerprint density at radius 1 is 1.58 bits per heavy atom. The standard InChI is InChI=1S/C6H13N3O.C2H6/c1-5(10)8-6-3-7-9(2)4-6;1-2/h6-7H,3-4H2,1-2H3,(H,8,10);1-2H3. The van der Waals surface area contributed by atoms with Crippen LogP contribution in [0.15, 0.2) is 0 Å². The monoisotopic (exact) mass is 173 g/mol. The van der Waals surface area contributed by atoms with Gasteiger partial charge in [0.2, 0.25) is 5.91 Å². The third-order valence-corrected chi connectivity index (χ3v) is 1.51. The Bertz CT molecular complexity index is 138. The van der Waals surface area contributed by atoms with Gasteiger partial charge in [0.1, 0.15) is 0 Å². The molecule has 72 valence electrons. The lowest BCUT2D eigenvalue weighted by atomic mass is 10.3. The van der Waals surface area contributed by atoms with E-state index >= 15 is 0 Å². The molecule has 1 atom stereocenters. The molecule has 0 aromatic heterocycles. The van der Waals surface area contributed by atoms with Crippen molar-refractivity contribution >= 4 is 5.91 Å².